The van der Waals surface area contributed by atoms with Crippen molar-refractivity contribution in [2.75, 3.05) is 26.2 Å². The minimum atomic E-state index is -0.798. The summed E-state index contributed by atoms with van der Waals surface area (Å²) in [5.74, 6) is 0. The van der Waals surface area contributed by atoms with E-state index in [1.54, 1.807) is 20.8 Å². The SMILES string of the molecule is [2H]C1C(CO)NCCN1C(=O)OC(C)(C)C. The Kier molecular flexibility index (Phi) is 3.43. The van der Waals surface area contributed by atoms with Crippen molar-refractivity contribution in [3.05, 3.63) is 0 Å². The highest BCUT2D eigenvalue weighted by Gasteiger charge is 2.26. The van der Waals surface area contributed by atoms with Gasteiger partial charge in [0.1, 0.15) is 5.60 Å². The van der Waals surface area contributed by atoms with Gasteiger partial charge in [0.2, 0.25) is 0 Å². The van der Waals surface area contributed by atoms with Crippen LogP contribution >= 0.6 is 0 Å². The Morgan fingerprint density at radius 3 is 2.93 bits per heavy atom. The molecule has 0 spiro atoms. The molecule has 0 aliphatic carbocycles. The second-order valence-electron chi connectivity index (χ2n) is 4.57. The van der Waals surface area contributed by atoms with Gasteiger partial charge in [0.15, 0.2) is 0 Å². The zero-order chi connectivity index (χ0) is 12.3. The van der Waals surface area contributed by atoms with Gasteiger partial charge in [0, 0.05) is 25.7 Å². The van der Waals surface area contributed by atoms with Crippen LogP contribution in [-0.4, -0.2) is 54.0 Å². The molecule has 1 rings (SSSR count). The van der Waals surface area contributed by atoms with Crippen molar-refractivity contribution in [2.45, 2.75) is 32.4 Å². The molecule has 1 aliphatic heterocycles. The Morgan fingerprint density at radius 2 is 2.40 bits per heavy atom. The number of nitrogens with zero attached hydrogens (tertiary/aromatic N) is 1. The highest BCUT2D eigenvalue weighted by Crippen LogP contribution is 2.11. The first-order valence-electron chi connectivity index (χ1n) is 5.69. The average Bonchev–Trinajstić information content (AvgIpc) is 2.15. The fourth-order valence-electron chi connectivity index (χ4n) is 1.30. The van der Waals surface area contributed by atoms with E-state index in [0.29, 0.717) is 13.1 Å². The van der Waals surface area contributed by atoms with E-state index in [0.717, 1.165) is 0 Å². The molecule has 0 aromatic rings. The van der Waals surface area contributed by atoms with Gasteiger partial charge in [-0.2, -0.15) is 0 Å². The molecule has 2 N–H and O–H groups in total. The molecule has 1 fully saturated rings. The molecule has 1 amide bonds. The van der Waals surface area contributed by atoms with Crippen molar-refractivity contribution in [2.24, 2.45) is 0 Å². The van der Waals surface area contributed by atoms with Crippen LogP contribution in [0.3, 0.4) is 0 Å². The van der Waals surface area contributed by atoms with Gasteiger partial charge in [0.25, 0.3) is 0 Å². The van der Waals surface area contributed by atoms with E-state index in [9.17, 15) is 4.79 Å². The van der Waals surface area contributed by atoms with Crippen LogP contribution in [0.25, 0.3) is 0 Å². The molecule has 5 nitrogen and oxygen atoms in total. The van der Waals surface area contributed by atoms with Crippen LogP contribution in [0.1, 0.15) is 22.1 Å². The van der Waals surface area contributed by atoms with Gasteiger partial charge in [-0.25, -0.2) is 4.79 Å². The third-order valence-corrected chi connectivity index (χ3v) is 1.94. The minimum Gasteiger partial charge on any atom is -0.444 e. The first-order valence-corrected chi connectivity index (χ1v) is 5.11. The maximum Gasteiger partial charge on any atom is 0.410 e. The first kappa shape index (κ1) is 10.7. The lowest BCUT2D eigenvalue weighted by atomic mass is 10.2. The standard InChI is InChI=1S/C10H20N2O3/c1-10(2,3)15-9(14)12-5-4-11-8(6-12)7-13/h8,11,13H,4-7H2,1-3H3/i6D. The van der Waals surface area contributed by atoms with Gasteiger partial charge in [0.05, 0.1) is 7.98 Å². The fourth-order valence-corrected chi connectivity index (χ4v) is 1.30. The minimum absolute atomic E-state index is 0.159. The molecule has 1 saturated heterocycles. The first-order chi connectivity index (χ1) is 7.35. The van der Waals surface area contributed by atoms with E-state index in [-0.39, 0.29) is 6.61 Å². The van der Waals surface area contributed by atoms with Gasteiger partial charge in [-0.1, -0.05) is 0 Å². The second kappa shape index (κ2) is 4.81. The number of aliphatic hydroxyl groups excluding tert-OH is 1. The van der Waals surface area contributed by atoms with E-state index in [2.05, 4.69) is 5.32 Å². The molecule has 15 heavy (non-hydrogen) atoms. The van der Waals surface area contributed by atoms with Crippen molar-refractivity contribution in [3.63, 3.8) is 0 Å². The van der Waals surface area contributed by atoms with E-state index in [4.69, 9.17) is 11.2 Å². The number of amides is 1. The zero-order valence-corrected chi connectivity index (χ0v) is 9.49. The maximum atomic E-state index is 11.8. The molecule has 0 bridgehead atoms. The lowest BCUT2D eigenvalue weighted by Gasteiger charge is -2.34. The van der Waals surface area contributed by atoms with Crippen LogP contribution < -0.4 is 5.32 Å². The summed E-state index contributed by atoms with van der Waals surface area (Å²) >= 11 is 0. The summed E-state index contributed by atoms with van der Waals surface area (Å²) < 4.78 is 13.0. The number of carbonyl (C=O) groups excluding carboxylic acids is 1. The topological polar surface area (TPSA) is 61.8 Å². The Bertz CT molecular complexity index is 255. The van der Waals surface area contributed by atoms with Crippen molar-refractivity contribution in [1.29, 1.82) is 0 Å². The second-order valence-corrected chi connectivity index (χ2v) is 4.57. The third-order valence-electron chi connectivity index (χ3n) is 1.94. The number of hydrogen-bond acceptors (Lipinski definition) is 4. The lowest BCUT2D eigenvalue weighted by Crippen LogP contribution is -2.54. The summed E-state index contributed by atoms with van der Waals surface area (Å²) in [5, 5.41) is 12.0. The Balaban J connectivity index is 2.61. The highest BCUT2D eigenvalue weighted by molar-refractivity contribution is 5.68. The van der Waals surface area contributed by atoms with Gasteiger partial charge in [-0.05, 0) is 20.8 Å². The Labute approximate surface area is 91.8 Å². The predicted molar refractivity (Wildman–Crippen MR) is 56.7 cm³/mol. The summed E-state index contributed by atoms with van der Waals surface area (Å²) in [6, 6.07) is -0.402. The molecule has 1 aliphatic rings. The summed E-state index contributed by atoms with van der Waals surface area (Å²) in [6.07, 6.45) is -0.493. The normalized spacial score (nSPS) is 28.5. The fraction of sp³-hybridized carbons (Fsp3) is 0.900. The van der Waals surface area contributed by atoms with Gasteiger partial charge in [-0.3, -0.25) is 0 Å². The van der Waals surface area contributed by atoms with Crippen LogP contribution in [0.4, 0.5) is 4.79 Å². The van der Waals surface area contributed by atoms with Crippen LogP contribution in [0.15, 0.2) is 0 Å². The van der Waals surface area contributed by atoms with Crippen LogP contribution in [0.2, 0.25) is 0 Å². The monoisotopic (exact) mass is 217 g/mol. The molecule has 0 saturated carbocycles. The Hall–Kier alpha value is -0.810. The molecule has 0 radical (unpaired) electrons. The largest absolute Gasteiger partial charge is 0.444 e. The summed E-state index contributed by atoms with van der Waals surface area (Å²) in [7, 11) is 0. The smallest absolute Gasteiger partial charge is 0.410 e. The number of piperazine rings is 1. The molecule has 1 heterocycles. The Morgan fingerprint density at radius 1 is 1.73 bits per heavy atom. The van der Waals surface area contributed by atoms with E-state index >= 15 is 0 Å². The summed E-state index contributed by atoms with van der Waals surface area (Å²) in [4.78, 5) is 13.1. The number of nitrogens with one attached hydrogen (secondary N) is 1. The quantitative estimate of drug-likeness (QED) is 0.658. The molecular weight excluding hydrogens is 196 g/mol. The van der Waals surface area contributed by atoms with Crippen LogP contribution in [0.5, 0.6) is 0 Å². The molecule has 0 aromatic heterocycles. The lowest BCUT2D eigenvalue weighted by molar-refractivity contribution is 0.0173. The molecule has 5 heteroatoms. The van der Waals surface area contributed by atoms with E-state index < -0.39 is 24.3 Å². The average molecular weight is 217 g/mol. The number of aliphatic hydroxyl groups is 1. The molecule has 88 valence electrons. The third kappa shape index (κ3) is 4.05. The van der Waals surface area contributed by atoms with Crippen LogP contribution in [-0.2, 0) is 4.74 Å². The van der Waals surface area contributed by atoms with Crippen LogP contribution in [0, 0.1) is 0 Å². The van der Waals surface area contributed by atoms with Crippen molar-refractivity contribution in [1.82, 2.24) is 10.2 Å². The van der Waals surface area contributed by atoms with Crippen molar-refractivity contribution in [3.8, 4) is 0 Å². The van der Waals surface area contributed by atoms with Gasteiger partial charge >= 0.3 is 6.09 Å². The van der Waals surface area contributed by atoms with Crippen molar-refractivity contribution < 1.29 is 16.0 Å². The highest BCUT2D eigenvalue weighted by atomic mass is 16.6. The maximum absolute atomic E-state index is 11.8. The van der Waals surface area contributed by atoms with E-state index in [1.165, 1.54) is 4.90 Å². The molecular formula is C10H20N2O3. The summed E-state index contributed by atoms with van der Waals surface area (Å²) in [6.45, 7) is 5.40. The molecule has 2 unspecified atom stereocenters. The van der Waals surface area contributed by atoms with Gasteiger partial charge < -0.3 is 20.1 Å². The number of hydrogen-bond donors (Lipinski definition) is 2. The number of ether oxygens (including phenoxy) is 1. The number of carbonyl (C=O) groups is 1. The van der Waals surface area contributed by atoms with Crippen molar-refractivity contribution >= 4 is 6.09 Å². The zero-order valence-electron chi connectivity index (χ0n) is 10.5. The molecule has 2 atom stereocenters. The number of rotatable bonds is 1. The summed E-state index contributed by atoms with van der Waals surface area (Å²) in [5.41, 5.74) is -0.559. The molecule has 0 aromatic carbocycles. The predicted octanol–water partition coefficient (Wildman–Crippen LogP) is 0.188. The van der Waals surface area contributed by atoms with E-state index in [1.807, 2.05) is 0 Å². The van der Waals surface area contributed by atoms with Gasteiger partial charge in [-0.15, -0.1) is 0 Å².